The molecule has 0 saturated heterocycles. The highest BCUT2D eigenvalue weighted by Crippen LogP contribution is 2.40. The number of rotatable bonds is 8. The van der Waals surface area contributed by atoms with E-state index in [1.807, 2.05) is 60.8 Å². The predicted molar refractivity (Wildman–Crippen MR) is 158 cm³/mol. The van der Waals surface area contributed by atoms with Crippen LogP contribution in [0.5, 0.6) is 5.75 Å². The molecule has 0 fully saturated rings. The van der Waals surface area contributed by atoms with Crippen molar-refractivity contribution in [2.45, 2.75) is 38.8 Å². The Morgan fingerprint density at radius 3 is 2.72 bits per heavy atom. The van der Waals surface area contributed by atoms with Crippen LogP contribution in [-0.4, -0.2) is 12.1 Å². The van der Waals surface area contributed by atoms with Crippen LogP contribution in [0, 0.1) is 0 Å². The molecule has 39 heavy (non-hydrogen) atoms. The monoisotopic (exact) mass is 554 g/mol. The summed E-state index contributed by atoms with van der Waals surface area (Å²) in [5, 5.41) is 6.59. The van der Waals surface area contributed by atoms with Gasteiger partial charge >= 0.3 is 0 Å². The van der Waals surface area contributed by atoms with Crippen molar-refractivity contribution in [3.63, 3.8) is 0 Å². The van der Waals surface area contributed by atoms with Crippen LogP contribution in [0.4, 0.5) is 5.00 Å². The number of thiophene rings is 1. The molecule has 0 spiro atoms. The van der Waals surface area contributed by atoms with E-state index in [4.69, 9.17) is 25.7 Å². The summed E-state index contributed by atoms with van der Waals surface area (Å²) in [4.78, 5) is 19.6. The van der Waals surface area contributed by atoms with Gasteiger partial charge in [0.2, 0.25) is 0 Å². The normalized spacial score (nSPS) is 13.1. The Hall–Kier alpha value is -3.87. The van der Waals surface area contributed by atoms with Crippen LogP contribution >= 0.6 is 22.9 Å². The van der Waals surface area contributed by atoms with Crippen LogP contribution in [-0.2, 0) is 26.0 Å². The third kappa shape index (κ3) is 5.63. The number of benzene rings is 3. The van der Waals surface area contributed by atoms with Crippen LogP contribution in [0.25, 0.3) is 10.8 Å². The summed E-state index contributed by atoms with van der Waals surface area (Å²) in [7, 11) is 0. The Morgan fingerprint density at radius 2 is 1.87 bits per heavy atom. The lowest BCUT2D eigenvalue weighted by Crippen LogP contribution is -2.23. The number of aliphatic imine (C=N–C) groups is 1. The van der Waals surface area contributed by atoms with Gasteiger partial charge in [0.15, 0.2) is 0 Å². The molecule has 0 saturated carbocycles. The summed E-state index contributed by atoms with van der Waals surface area (Å²) < 4.78 is 11.7. The third-order valence-corrected chi connectivity index (χ3v) is 8.38. The highest BCUT2D eigenvalue weighted by Gasteiger charge is 2.25. The maximum Gasteiger partial charge on any atom is 0.255 e. The van der Waals surface area contributed by atoms with E-state index in [2.05, 4.69) is 23.5 Å². The second-order valence-electron chi connectivity index (χ2n) is 9.52. The minimum atomic E-state index is -0.116. The number of fused-ring (bicyclic) bond motifs is 2. The zero-order valence-electron chi connectivity index (χ0n) is 21.3. The smallest absolute Gasteiger partial charge is 0.255 e. The van der Waals surface area contributed by atoms with Crippen molar-refractivity contribution in [2.24, 2.45) is 4.99 Å². The highest BCUT2D eigenvalue weighted by atomic mass is 35.5. The number of ether oxygens (including phenoxy) is 1. The maximum atomic E-state index is 13.4. The van der Waals surface area contributed by atoms with Gasteiger partial charge < -0.3 is 14.5 Å². The number of carbonyl (C=O) groups excluding carboxylic acids is 1. The number of halogens is 1. The van der Waals surface area contributed by atoms with Crippen molar-refractivity contribution >= 4 is 50.8 Å². The number of hydrogen-bond acceptors (Lipinski definition) is 5. The summed E-state index contributed by atoms with van der Waals surface area (Å²) in [6.45, 7) is 0.746. The summed E-state index contributed by atoms with van der Waals surface area (Å²) in [6.07, 6.45) is 7.56. The quantitative estimate of drug-likeness (QED) is 0.196. The predicted octanol–water partition coefficient (Wildman–Crippen LogP) is 8.29. The van der Waals surface area contributed by atoms with Gasteiger partial charge in [0.1, 0.15) is 23.1 Å². The molecule has 1 amide bonds. The zero-order chi connectivity index (χ0) is 26.6. The molecule has 0 unspecified atom stereocenters. The zero-order valence-corrected chi connectivity index (χ0v) is 22.9. The molecule has 7 heteroatoms. The van der Waals surface area contributed by atoms with Crippen LogP contribution in [0.2, 0.25) is 5.02 Å². The van der Waals surface area contributed by atoms with Crippen LogP contribution in [0.3, 0.4) is 0 Å². The molecule has 0 bridgehead atoms. The molecule has 2 aromatic heterocycles. The van der Waals surface area contributed by atoms with Crippen molar-refractivity contribution in [3.05, 3.63) is 117 Å². The van der Waals surface area contributed by atoms with Gasteiger partial charge in [-0.3, -0.25) is 4.79 Å². The maximum absolute atomic E-state index is 13.4. The first kappa shape index (κ1) is 25.4. The van der Waals surface area contributed by atoms with E-state index in [1.165, 1.54) is 4.88 Å². The SMILES string of the molecule is O=C(NCc1ccco1)c1c(N=Cc2c(OCc3ccc(Cl)cc3)ccc3ccccc23)sc2c1CCCC2. The van der Waals surface area contributed by atoms with Gasteiger partial charge in [0.05, 0.1) is 18.4 Å². The molecular formula is C32H27ClN2O3S. The minimum absolute atomic E-state index is 0.116. The van der Waals surface area contributed by atoms with Crippen LogP contribution < -0.4 is 10.1 Å². The van der Waals surface area contributed by atoms with Crippen molar-refractivity contribution in [1.82, 2.24) is 5.32 Å². The lowest BCUT2D eigenvalue weighted by molar-refractivity contribution is 0.0948. The van der Waals surface area contributed by atoms with Gasteiger partial charge in [-0.1, -0.05) is 54.1 Å². The first-order valence-electron chi connectivity index (χ1n) is 13.0. The second kappa shape index (κ2) is 11.5. The Balaban J connectivity index is 1.34. The number of nitrogens with zero attached hydrogens (tertiary/aromatic N) is 1. The number of aryl methyl sites for hydroxylation is 1. The molecule has 0 aliphatic heterocycles. The van der Waals surface area contributed by atoms with Crippen molar-refractivity contribution in [1.29, 1.82) is 0 Å². The standard InChI is InChI=1S/C32H27ClN2O3S/c33-23-14-11-21(12-15-23)20-38-28-16-13-22-6-1-2-8-25(22)27(28)19-35-32-30(26-9-3-4-10-29(26)39-32)31(36)34-18-24-7-5-17-37-24/h1-2,5-8,11-17,19H,3-4,9-10,18,20H2,(H,34,36). The Labute approximate surface area is 236 Å². The van der Waals surface area contributed by atoms with Gasteiger partial charge in [-0.25, -0.2) is 4.99 Å². The van der Waals surface area contributed by atoms with E-state index < -0.39 is 0 Å². The molecular weight excluding hydrogens is 528 g/mol. The molecule has 2 heterocycles. The number of furan rings is 1. The molecule has 1 aliphatic carbocycles. The van der Waals surface area contributed by atoms with Gasteiger partial charge in [-0.2, -0.15) is 0 Å². The summed E-state index contributed by atoms with van der Waals surface area (Å²) in [6, 6.07) is 23.5. The van der Waals surface area contributed by atoms with Crippen molar-refractivity contribution in [3.8, 4) is 5.75 Å². The lowest BCUT2D eigenvalue weighted by Gasteiger charge is -2.13. The molecule has 196 valence electrons. The molecule has 6 rings (SSSR count). The fourth-order valence-corrected chi connectivity index (χ4v) is 6.30. The Bertz CT molecular complexity index is 1640. The van der Waals surface area contributed by atoms with Crippen LogP contribution in [0.15, 0.2) is 88.5 Å². The fourth-order valence-electron chi connectivity index (χ4n) is 4.95. The van der Waals surface area contributed by atoms with Gasteiger partial charge in [0, 0.05) is 21.7 Å². The number of nitrogens with one attached hydrogen (secondary N) is 1. The highest BCUT2D eigenvalue weighted by molar-refractivity contribution is 7.16. The van der Waals surface area contributed by atoms with Crippen molar-refractivity contribution in [2.75, 3.05) is 0 Å². The largest absolute Gasteiger partial charge is 0.488 e. The average molecular weight is 555 g/mol. The first-order chi connectivity index (χ1) is 19.2. The van der Waals surface area contributed by atoms with Gasteiger partial charge in [-0.05, 0) is 77.9 Å². The topological polar surface area (TPSA) is 63.8 Å². The van der Waals surface area contributed by atoms with E-state index in [0.29, 0.717) is 23.7 Å². The molecule has 1 aliphatic rings. The number of carbonyl (C=O) groups is 1. The molecule has 0 radical (unpaired) electrons. The molecule has 5 nitrogen and oxygen atoms in total. The van der Waals surface area contributed by atoms with E-state index >= 15 is 0 Å². The lowest BCUT2D eigenvalue weighted by atomic mass is 9.95. The summed E-state index contributed by atoms with van der Waals surface area (Å²) in [5.41, 5.74) is 3.72. The summed E-state index contributed by atoms with van der Waals surface area (Å²) >= 11 is 7.67. The van der Waals surface area contributed by atoms with E-state index in [1.54, 1.807) is 17.6 Å². The molecule has 1 N–H and O–H groups in total. The third-order valence-electron chi connectivity index (χ3n) is 6.93. The molecule has 5 aromatic rings. The second-order valence-corrected chi connectivity index (χ2v) is 11.0. The van der Waals surface area contributed by atoms with Gasteiger partial charge in [0.25, 0.3) is 5.91 Å². The van der Waals surface area contributed by atoms with E-state index in [-0.39, 0.29) is 5.91 Å². The van der Waals surface area contributed by atoms with E-state index in [0.717, 1.165) is 69.7 Å². The van der Waals surface area contributed by atoms with Gasteiger partial charge in [-0.15, -0.1) is 11.3 Å². The number of amides is 1. The minimum Gasteiger partial charge on any atom is -0.488 e. The fraction of sp³-hybridized carbons (Fsp3) is 0.188. The number of hydrogen-bond donors (Lipinski definition) is 1. The van der Waals surface area contributed by atoms with Crippen molar-refractivity contribution < 1.29 is 13.9 Å². The summed E-state index contributed by atoms with van der Waals surface area (Å²) in [5.74, 6) is 1.34. The van der Waals surface area contributed by atoms with Crippen LogP contribution in [0.1, 0.15) is 50.5 Å². The molecule has 3 aromatic carbocycles. The Kier molecular flexibility index (Phi) is 7.48. The Morgan fingerprint density at radius 1 is 1.03 bits per heavy atom. The average Bonchev–Trinajstić information content (AvgIpc) is 3.62. The van der Waals surface area contributed by atoms with E-state index in [9.17, 15) is 4.79 Å². The first-order valence-corrected chi connectivity index (χ1v) is 14.2. The molecule has 0 atom stereocenters.